The monoisotopic (exact) mass is 212 g/mol. The van der Waals surface area contributed by atoms with E-state index in [0.717, 1.165) is 12.8 Å². The molecular weight excluding hydrogens is 192 g/mol. The molecule has 3 N–H and O–H groups in total. The maximum Gasteiger partial charge on any atom is 0.407 e. The molecule has 1 aliphatic carbocycles. The predicted molar refractivity (Wildman–Crippen MR) is 59.5 cm³/mol. The summed E-state index contributed by atoms with van der Waals surface area (Å²) in [6.45, 7) is 5.52. The molecule has 0 fully saturated rings. The van der Waals surface area contributed by atoms with Crippen LogP contribution in [0, 0.1) is 0 Å². The van der Waals surface area contributed by atoms with Crippen LogP contribution in [0.25, 0.3) is 0 Å². The van der Waals surface area contributed by atoms with Gasteiger partial charge in [0.25, 0.3) is 0 Å². The molecule has 4 nitrogen and oxygen atoms in total. The van der Waals surface area contributed by atoms with Crippen molar-refractivity contribution in [1.82, 2.24) is 5.32 Å². The van der Waals surface area contributed by atoms with Crippen molar-refractivity contribution in [2.24, 2.45) is 5.73 Å². The van der Waals surface area contributed by atoms with E-state index in [-0.39, 0.29) is 12.1 Å². The minimum Gasteiger partial charge on any atom is -0.444 e. The van der Waals surface area contributed by atoms with Crippen LogP contribution in [0.1, 0.15) is 33.6 Å². The van der Waals surface area contributed by atoms with Gasteiger partial charge in [0.05, 0.1) is 6.04 Å². The summed E-state index contributed by atoms with van der Waals surface area (Å²) in [4.78, 5) is 11.5. The van der Waals surface area contributed by atoms with E-state index >= 15 is 0 Å². The summed E-state index contributed by atoms with van der Waals surface area (Å²) in [7, 11) is 0. The summed E-state index contributed by atoms with van der Waals surface area (Å²) in [6.07, 6.45) is 5.27. The average molecular weight is 212 g/mol. The van der Waals surface area contributed by atoms with Gasteiger partial charge in [-0.25, -0.2) is 4.79 Å². The summed E-state index contributed by atoms with van der Waals surface area (Å²) in [6, 6.07) is -0.0210. The molecule has 2 atom stereocenters. The molecule has 15 heavy (non-hydrogen) atoms. The molecule has 0 aromatic carbocycles. The Morgan fingerprint density at radius 3 is 2.53 bits per heavy atom. The second kappa shape index (κ2) is 4.66. The molecule has 0 aliphatic heterocycles. The van der Waals surface area contributed by atoms with Crippen molar-refractivity contribution in [3.63, 3.8) is 0 Å². The quantitative estimate of drug-likeness (QED) is 0.648. The third kappa shape index (κ3) is 4.34. The van der Waals surface area contributed by atoms with Gasteiger partial charge in [0.15, 0.2) is 0 Å². The maximum atomic E-state index is 11.5. The van der Waals surface area contributed by atoms with Gasteiger partial charge in [-0.2, -0.15) is 0 Å². The first-order valence-electron chi connectivity index (χ1n) is 5.28. The van der Waals surface area contributed by atoms with Gasteiger partial charge >= 0.3 is 6.09 Å². The van der Waals surface area contributed by atoms with Crippen LogP contribution in [0.3, 0.4) is 0 Å². The summed E-state index contributed by atoms with van der Waals surface area (Å²) >= 11 is 0. The lowest BCUT2D eigenvalue weighted by Crippen LogP contribution is -2.49. The Kier molecular flexibility index (Phi) is 3.74. The number of alkyl carbamates (subject to hydrolysis) is 1. The smallest absolute Gasteiger partial charge is 0.407 e. The highest BCUT2D eigenvalue weighted by Crippen LogP contribution is 2.12. The van der Waals surface area contributed by atoms with Crippen LogP contribution in [0.5, 0.6) is 0 Å². The lowest BCUT2D eigenvalue weighted by atomic mass is 9.97. The van der Waals surface area contributed by atoms with Gasteiger partial charge in [-0.1, -0.05) is 12.2 Å². The summed E-state index contributed by atoms with van der Waals surface area (Å²) in [5, 5.41) is 2.79. The first-order chi connectivity index (χ1) is 6.88. The van der Waals surface area contributed by atoms with E-state index in [4.69, 9.17) is 10.5 Å². The van der Waals surface area contributed by atoms with Gasteiger partial charge in [-0.15, -0.1) is 0 Å². The second-order valence-corrected chi connectivity index (χ2v) is 4.86. The Balaban J connectivity index is 2.41. The zero-order valence-corrected chi connectivity index (χ0v) is 9.62. The van der Waals surface area contributed by atoms with Crippen molar-refractivity contribution in [3.05, 3.63) is 12.2 Å². The number of ether oxygens (including phenoxy) is 1. The van der Waals surface area contributed by atoms with Crippen LogP contribution in [0.4, 0.5) is 4.79 Å². The lowest BCUT2D eigenvalue weighted by molar-refractivity contribution is 0.0496. The molecule has 0 spiro atoms. The predicted octanol–water partition coefficient (Wildman–Crippen LogP) is 1.56. The van der Waals surface area contributed by atoms with Gasteiger partial charge in [0, 0.05) is 6.04 Å². The lowest BCUT2D eigenvalue weighted by Gasteiger charge is -2.28. The topological polar surface area (TPSA) is 64.3 Å². The molecule has 0 aromatic rings. The maximum absolute atomic E-state index is 11.5. The zero-order valence-electron chi connectivity index (χ0n) is 9.62. The second-order valence-electron chi connectivity index (χ2n) is 4.86. The average Bonchev–Trinajstić information content (AvgIpc) is 2.05. The fraction of sp³-hybridized carbons (Fsp3) is 0.727. The fourth-order valence-electron chi connectivity index (χ4n) is 1.46. The van der Waals surface area contributed by atoms with Crippen LogP contribution < -0.4 is 11.1 Å². The number of hydrogen-bond acceptors (Lipinski definition) is 3. The molecule has 0 unspecified atom stereocenters. The van der Waals surface area contributed by atoms with Gasteiger partial charge in [0.1, 0.15) is 5.60 Å². The standard InChI is InChI=1S/C11H20N2O2/c1-11(2,3)15-10(14)13-9-7-5-4-6-8(9)12/h4-5,8-9H,6-7,12H2,1-3H3,(H,13,14)/t8-,9+/m0/s1. The summed E-state index contributed by atoms with van der Waals surface area (Å²) in [5.41, 5.74) is 5.41. The molecule has 86 valence electrons. The fourth-order valence-corrected chi connectivity index (χ4v) is 1.46. The number of hydrogen-bond donors (Lipinski definition) is 2. The molecule has 0 heterocycles. The van der Waals surface area contributed by atoms with E-state index in [2.05, 4.69) is 5.32 Å². The van der Waals surface area contributed by atoms with Crippen molar-refractivity contribution >= 4 is 6.09 Å². The van der Waals surface area contributed by atoms with Crippen molar-refractivity contribution < 1.29 is 9.53 Å². The van der Waals surface area contributed by atoms with Crippen molar-refractivity contribution in [1.29, 1.82) is 0 Å². The summed E-state index contributed by atoms with van der Waals surface area (Å²) in [5.74, 6) is 0. The number of carbonyl (C=O) groups is 1. The van der Waals surface area contributed by atoms with E-state index < -0.39 is 11.7 Å². The third-order valence-corrected chi connectivity index (χ3v) is 2.18. The van der Waals surface area contributed by atoms with Crippen LogP contribution >= 0.6 is 0 Å². The highest BCUT2D eigenvalue weighted by atomic mass is 16.6. The van der Waals surface area contributed by atoms with Gasteiger partial charge in [-0.05, 0) is 33.6 Å². The van der Waals surface area contributed by atoms with Gasteiger partial charge < -0.3 is 15.8 Å². The van der Waals surface area contributed by atoms with Gasteiger partial charge in [0.2, 0.25) is 0 Å². The number of carbonyl (C=O) groups excluding carboxylic acids is 1. The molecule has 4 heteroatoms. The first-order valence-corrected chi connectivity index (χ1v) is 5.28. The first kappa shape index (κ1) is 12.0. The molecule has 0 saturated heterocycles. The van der Waals surface area contributed by atoms with Crippen LogP contribution in [-0.2, 0) is 4.74 Å². The van der Waals surface area contributed by atoms with Crippen molar-refractivity contribution in [2.75, 3.05) is 0 Å². The normalized spacial score (nSPS) is 26.1. The highest BCUT2D eigenvalue weighted by Gasteiger charge is 2.23. The Morgan fingerprint density at radius 2 is 2.00 bits per heavy atom. The van der Waals surface area contributed by atoms with E-state index in [9.17, 15) is 4.79 Å². The Hall–Kier alpha value is -1.03. The molecule has 1 aliphatic rings. The third-order valence-electron chi connectivity index (χ3n) is 2.18. The van der Waals surface area contributed by atoms with Crippen LogP contribution in [0.2, 0.25) is 0 Å². The molecule has 0 aromatic heterocycles. The van der Waals surface area contributed by atoms with E-state index in [0.29, 0.717) is 0 Å². The molecule has 0 bridgehead atoms. The van der Waals surface area contributed by atoms with Crippen molar-refractivity contribution in [2.45, 2.75) is 51.3 Å². The van der Waals surface area contributed by atoms with E-state index in [1.54, 1.807) is 0 Å². The van der Waals surface area contributed by atoms with E-state index in [1.165, 1.54) is 0 Å². The highest BCUT2D eigenvalue weighted by molar-refractivity contribution is 5.68. The number of rotatable bonds is 1. The SMILES string of the molecule is CC(C)(C)OC(=O)N[C@@H]1CC=CC[C@@H]1N. The Bertz CT molecular complexity index is 256. The molecule has 0 radical (unpaired) electrons. The van der Waals surface area contributed by atoms with E-state index in [1.807, 2.05) is 32.9 Å². The molecule has 0 saturated carbocycles. The largest absolute Gasteiger partial charge is 0.444 e. The number of amides is 1. The van der Waals surface area contributed by atoms with Gasteiger partial charge in [-0.3, -0.25) is 0 Å². The number of nitrogens with two attached hydrogens (primary N) is 1. The molecule has 1 rings (SSSR count). The molecular formula is C11H20N2O2. The Labute approximate surface area is 90.9 Å². The number of nitrogens with one attached hydrogen (secondary N) is 1. The Morgan fingerprint density at radius 1 is 1.40 bits per heavy atom. The minimum absolute atomic E-state index is 0.00940. The van der Waals surface area contributed by atoms with Crippen LogP contribution in [-0.4, -0.2) is 23.8 Å². The zero-order chi connectivity index (χ0) is 11.5. The van der Waals surface area contributed by atoms with Crippen molar-refractivity contribution in [3.8, 4) is 0 Å². The summed E-state index contributed by atoms with van der Waals surface area (Å²) < 4.78 is 5.16. The molecule has 1 amide bonds. The minimum atomic E-state index is -0.460. The van der Waals surface area contributed by atoms with Crippen LogP contribution in [0.15, 0.2) is 12.2 Å².